The van der Waals surface area contributed by atoms with Gasteiger partial charge in [-0.25, -0.2) is 9.55 Å². The average molecular weight is 227 g/mol. The molecule has 90 valence electrons. The normalized spacial score (nSPS) is 9.19. The van der Waals surface area contributed by atoms with E-state index in [-0.39, 0.29) is 19.0 Å². The second-order valence-corrected chi connectivity index (χ2v) is 2.99. The number of aliphatic hydroxyl groups excluding tert-OH is 1. The van der Waals surface area contributed by atoms with Crippen LogP contribution < -0.4 is 0 Å². The van der Waals surface area contributed by atoms with Crippen molar-refractivity contribution < 1.29 is 10.0 Å². The summed E-state index contributed by atoms with van der Waals surface area (Å²) in [5.41, 5.74) is 0. The topological polar surface area (TPSA) is 81.2 Å². The van der Waals surface area contributed by atoms with Crippen molar-refractivity contribution in [3.8, 4) is 0 Å². The number of aryl methyl sites for hydroxylation is 1. The molecule has 1 rings (SSSR count). The standard InChI is InChI=1S/C6H9N3O3.C4H8/c1-5-7-4-6(9(11)12)8(5)2-3-10;1-3-4-2/h4,10H,2-3H2,1H3;3H,1,4H2,2H3. The predicted octanol–water partition coefficient (Wildman–Crippen LogP) is 1.67. The lowest BCUT2D eigenvalue weighted by atomic mass is 10.5. The van der Waals surface area contributed by atoms with Gasteiger partial charge in [-0.2, -0.15) is 0 Å². The van der Waals surface area contributed by atoms with E-state index in [1.54, 1.807) is 6.92 Å². The van der Waals surface area contributed by atoms with Crippen LogP contribution in [-0.4, -0.2) is 26.2 Å². The highest BCUT2D eigenvalue weighted by atomic mass is 16.6. The van der Waals surface area contributed by atoms with E-state index in [0.717, 1.165) is 6.42 Å². The van der Waals surface area contributed by atoms with Crippen LogP contribution in [0.4, 0.5) is 5.82 Å². The van der Waals surface area contributed by atoms with E-state index in [1.807, 2.05) is 6.08 Å². The number of rotatable bonds is 4. The van der Waals surface area contributed by atoms with Crippen LogP contribution in [0.25, 0.3) is 0 Å². The van der Waals surface area contributed by atoms with Crippen LogP contribution in [0.3, 0.4) is 0 Å². The number of aliphatic hydroxyl groups is 1. The molecular weight excluding hydrogens is 210 g/mol. The van der Waals surface area contributed by atoms with E-state index in [4.69, 9.17) is 5.11 Å². The highest BCUT2D eigenvalue weighted by molar-refractivity contribution is 5.18. The third-order valence-electron chi connectivity index (χ3n) is 1.83. The number of hydrogen-bond donors (Lipinski definition) is 1. The van der Waals surface area contributed by atoms with Gasteiger partial charge in [0.1, 0.15) is 12.7 Å². The van der Waals surface area contributed by atoms with Gasteiger partial charge < -0.3 is 15.2 Å². The van der Waals surface area contributed by atoms with Gasteiger partial charge in [-0.1, -0.05) is 13.0 Å². The van der Waals surface area contributed by atoms with Crippen LogP contribution in [0.15, 0.2) is 18.9 Å². The fraction of sp³-hybridized carbons (Fsp3) is 0.500. The molecule has 0 aliphatic rings. The van der Waals surface area contributed by atoms with Gasteiger partial charge in [0, 0.05) is 6.92 Å². The number of allylic oxidation sites excluding steroid dienone is 1. The van der Waals surface area contributed by atoms with E-state index < -0.39 is 4.92 Å². The molecule has 0 unspecified atom stereocenters. The number of imidazole rings is 1. The Morgan fingerprint density at radius 3 is 2.69 bits per heavy atom. The summed E-state index contributed by atoms with van der Waals surface area (Å²) in [6.45, 7) is 7.28. The number of nitrogens with zero attached hydrogens (tertiary/aromatic N) is 3. The first-order valence-corrected chi connectivity index (χ1v) is 4.96. The zero-order chi connectivity index (χ0) is 12.6. The zero-order valence-corrected chi connectivity index (χ0v) is 9.59. The molecule has 0 atom stereocenters. The second kappa shape index (κ2) is 7.58. The molecule has 1 aromatic rings. The molecule has 0 spiro atoms. The Bertz CT molecular complexity index is 347. The monoisotopic (exact) mass is 227 g/mol. The van der Waals surface area contributed by atoms with Crippen LogP contribution in [0.2, 0.25) is 0 Å². The SMILES string of the molecule is C=CCC.Cc1ncc([N+](=O)[O-])n1CCO. The van der Waals surface area contributed by atoms with Crippen molar-refractivity contribution in [2.75, 3.05) is 6.61 Å². The molecule has 0 aromatic carbocycles. The maximum absolute atomic E-state index is 10.4. The highest BCUT2D eigenvalue weighted by Crippen LogP contribution is 2.12. The minimum absolute atomic E-state index is 0.0819. The van der Waals surface area contributed by atoms with Gasteiger partial charge in [-0.05, 0) is 11.3 Å². The third-order valence-corrected chi connectivity index (χ3v) is 1.83. The highest BCUT2D eigenvalue weighted by Gasteiger charge is 2.15. The summed E-state index contributed by atoms with van der Waals surface area (Å²) in [7, 11) is 0. The minimum Gasteiger partial charge on any atom is -0.392 e. The second-order valence-electron chi connectivity index (χ2n) is 2.99. The number of aromatic nitrogens is 2. The third kappa shape index (κ3) is 4.22. The summed E-state index contributed by atoms with van der Waals surface area (Å²) >= 11 is 0. The van der Waals surface area contributed by atoms with Crippen LogP contribution in [0, 0.1) is 17.0 Å². The van der Waals surface area contributed by atoms with Crippen molar-refractivity contribution in [1.29, 1.82) is 0 Å². The first kappa shape index (κ1) is 14.3. The molecule has 16 heavy (non-hydrogen) atoms. The fourth-order valence-corrected chi connectivity index (χ4v) is 0.978. The van der Waals surface area contributed by atoms with Crippen molar-refractivity contribution in [2.24, 2.45) is 0 Å². The quantitative estimate of drug-likeness (QED) is 0.482. The molecular formula is C10H17N3O3. The first-order chi connectivity index (χ1) is 7.58. The fourth-order valence-electron chi connectivity index (χ4n) is 0.978. The minimum atomic E-state index is -0.518. The lowest BCUT2D eigenvalue weighted by Gasteiger charge is -1.98. The van der Waals surface area contributed by atoms with E-state index in [1.165, 1.54) is 10.8 Å². The van der Waals surface area contributed by atoms with Gasteiger partial charge >= 0.3 is 5.82 Å². The lowest BCUT2D eigenvalue weighted by Crippen LogP contribution is -2.07. The summed E-state index contributed by atoms with van der Waals surface area (Å²) in [6.07, 6.45) is 4.14. The summed E-state index contributed by atoms with van der Waals surface area (Å²) in [4.78, 5) is 13.6. The Labute approximate surface area is 94.4 Å². The van der Waals surface area contributed by atoms with E-state index in [9.17, 15) is 10.1 Å². The van der Waals surface area contributed by atoms with Crippen molar-refractivity contribution in [3.05, 3.63) is 34.8 Å². The Morgan fingerprint density at radius 1 is 1.75 bits per heavy atom. The maximum Gasteiger partial charge on any atom is 0.342 e. The smallest absolute Gasteiger partial charge is 0.342 e. The first-order valence-electron chi connectivity index (χ1n) is 4.96. The molecule has 1 aromatic heterocycles. The van der Waals surface area contributed by atoms with Crippen LogP contribution in [-0.2, 0) is 6.54 Å². The van der Waals surface area contributed by atoms with Crippen LogP contribution in [0.1, 0.15) is 19.2 Å². The summed E-state index contributed by atoms with van der Waals surface area (Å²) in [6, 6.07) is 0. The van der Waals surface area contributed by atoms with Gasteiger partial charge in [0.25, 0.3) is 0 Å². The molecule has 0 saturated carbocycles. The largest absolute Gasteiger partial charge is 0.392 e. The number of nitro groups is 1. The molecule has 1 heterocycles. The van der Waals surface area contributed by atoms with E-state index >= 15 is 0 Å². The predicted molar refractivity (Wildman–Crippen MR) is 61.2 cm³/mol. The van der Waals surface area contributed by atoms with Gasteiger partial charge in [0.15, 0.2) is 5.82 Å². The molecule has 0 radical (unpaired) electrons. The Morgan fingerprint density at radius 2 is 2.31 bits per heavy atom. The molecule has 0 amide bonds. The van der Waals surface area contributed by atoms with Gasteiger partial charge in [-0.3, -0.25) is 0 Å². The van der Waals surface area contributed by atoms with Gasteiger partial charge in [0.2, 0.25) is 0 Å². The molecule has 0 aliphatic heterocycles. The van der Waals surface area contributed by atoms with E-state index in [2.05, 4.69) is 18.5 Å². The summed E-state index contributed by atoms with van der Waals surface area (Å²) in [5.74, 6) is 0.456. The Hall–Kier alpha value is -1.69. The molecule has 1 N–H and O–H groups in total. The maximum atomic E-state index is 10.4. The van der Waals surface area contributed by atoms with Gasteiger partial charge in [0.05, 0.1) is 6.61 Å². The Balaban J connectivity index is 0.000000487. The molecule has 0 bridgehead atoms. The molecule has 0 saturated heterocycles. The lowest BCUT2D eigenvalue weighted by molar-refractivity contribution is -0.392. The average Bonchev–Trinajstić information content (AvgIpc) is 2.62. The van der Waals surface area contributed by atoms with E-state index in [0.29, 0.717) is 5.82 Å². The molecule has 6 heteroatoms. The molecule has 0 aliphatic carbocycles. The van der Waals surface area contributed by atoms with Crippen molar-refractivity contribution >= 4 is 5.82 Å². The van der Waals surface area contributed by atoms with Crippen LogP contribution >= 0.6 is 0 Å². The molecule has 6 nitrogen and oxygen atoms in total. The summed E-state index contributed by atoms with van der Waals surface area (Å²) < 4.78 is 1.36. The number of hydrogen-bond acceptors (Lipinski definition) is 4. The van der Waals surface area contributed by atoms with Crippen molar-refractivity contribution in [1.82, 2.24) is 9.55 Å². The van der Waals surface area contributed by atoms with Crippen molar-refractivity contribution in [2.45, 2.75) is 26.8 Å². The van der Waals surface area contributed by atoms with Crippen LogP contribution in [0.5, 0.6) is 0 Å². The zero-order valence-electron chi connectivity index (χ0n) is 9.59. The molecule has 0 fully saturated rings. The van der Waals surface area contributed by atoms with Gasteiger partial charge in [-0.15, -0.1) is 6.58 Å². The summed E-state index contributed by atoms with van der Waals surface area (Å²) in [5, 5.41) is 19.0. The van der Waals surface area contributed by atoms with Crippen molar-refractivity contribution in [3.63, 3.8) is 0 Å². The Kier molecular flexibility index (Phi) is 6.78.